The molecule has 104 valence electrons. The van der Waals surface area contributed by atoms with Crippen LogP contribution in [0.25, 0.3) is 0 Å². The highest BCUT2D eigenvalue weighted by molar-refractivity contribution is 9.12. The summed E-state index contributed by atoms with van der Waals surface area (Å²) >= 11 is 9.00. The second-order valence-electron chi connectivity index (χ2n) is 4.31. The van der Waals surface area contributed by atoms with Crippen LogP contribution in [0.4, 0.5) is 4.39 Å². The minimum atomic E-state index is -0.774. The SMILES string of the molecule is N=C1C(N)=C(F)C(Cl)=C(Br)/C1=C/NC1CCCCO1. The van der Waals surface area contributed by atoms with Gasteiger partial charge >= 0.3 is 0 Å². The Morgan fingerprint density at radius 2 is 2.26 bits per heavy atom. The molecular formula is C12H14BrClFN3O. The Labute approximate surface area is 124 Å². The van der Waals surface area contributed by atoms with Gasteiger partial charge in [-0.1, -0.05) is 11.6 Å². The lowest BCUT2D eigenvalue weighted by atomic mass is 10.0. The lowest BCUT2D eigenvalue weighted by molar-refractivity contribution is 0.00331. The fraction of sp³-hybridized carbons (Fsp3) is 0.417. The molecule has 0 aromatic heterocycles. The van der Waals surface area contributed by atoms with Crippen LogP contribution in [0.3, 0.4) is 0 Å². The lowest BCUT2D eigenvalue weighted by Crippen LogP contribution is -2.32. The summed E-state index contributed by atoms with van der Waals surface area (Å²) in [6.45, 7) is 0.715. The van der Waals surface area contributed by atoms with Gasteiger partial charge in [0.1, 0.15) is 6.23 Å². The summed E-state index contributed by atoms with van der Waals surface area (Å²) in [5, 5.41) is 10.8. The van der Waals surface area contributed by atoms with Crippen LogP contribution in [0.1, 0.15) is 19.3 Å². The Morgan fingerprint density at radius 3 is 2.89 bits per heavy atom. The van der Waals surface area contributed by atoms with Crippen molar-refractivity contribution in [2.45, 2.75) is 25.5 Å². The second-order valence-corrected chi connectivity index (χ2v) is 5.48. The van der Waals surface area contributed by atoms with E-state index in [9.17, 15) is 4.39 Å². The zero-order valence-electron chi connectivity index (χ0n) is 10.1. The molecule has 1 atom stereocenters. The van der Waals surface area contributed by atoms with Crippen LogP contribution < -0.4 is 11.1 Å². The number of nitrogens with one attached hydrogen (secondary N) is 2. The maximum atomic E-state index is 13.6. The van der Waals surface area contributed by atoms with E-state index in [4.69, 9.17) is 27.5 Å². The van der Waals surface area contributed by atoms with Gasteiger partial charge in [0.25, 0.3) is 0 Å². The molecule has 1 fully saturated rings. The number of halogens is 3. The largest absolute Gasteiger partial charge is 0.395 e. The summed E-state index contributed by atoms with van der Waals surface area (Å²) in [7, 11) is 0. The molecule has 0 spiro atoms. The van der Waals surface area contributed by atoms with E-state index in [0.29, 0.717) is 16.7 Å². The first kappa shape index (κ1) is 14.6. The van der Waals surface area contributed by atoms with Crippen LogP contribution in [0.15, 0.2) is 32.8 Å². The molecule has 4 N–H and O–H groups in total. The topological polar surface area (TPSA) is 71.1 Å². The van der Waals surface area contributed by atoms with Crippen LogP contribution >= 0.6 is 27.5 Å². The Balaban J connectivity index is 2.17. The Hall–Kier alpha value is -0.850. The number of nitrogens with two attached hydrogens (primary N) is 1. The molecule has 2 rings (SSSR count). The highest BCUT2D eigenvalue weighted by atomic mass is 79.9. The monoisotopic (exact) mass is 349 g/mol. The van der Waals surface area contributed by atoms with Gasteiger partial charge in [-0.15, -0.1) is 0 Å². The van der Waals surface area contributed by atoms with E-state index >= 15 is 0 Å². The first-order valence-electron chi connectivity index (χ1n) is 5.90. The third-order valence-electron chi connectivity index (χ3n) is 2.99. The average molecular weight is 351 g/mol. The Kier molecular flexibility index (Phi) is 4.65. The molecule has 0 aromatic carbocycles. The zero-order valence-corrected chi connectivity index (χ0v) is 12.4. The minimum absolute atomic E-state index is 0.0925. The summed E-state index contributed by atoms with van der Waals surface area (Å²) in [5.41, 5.74) is 5.57. The number of allylic oxidation sites excluding steroid dienone is 4. The van der Waals surface area contributed by atoms with E-state index in [0.717, 1.165) is 19.3 Å². The summed E-state index contributed by atoms with van der Waals surface area (Å²) in [4.78, 5) is 0. The van der Waals surface area contributed by atoms with Crippen molar-refractivity contribution >= 4 is 33.2 Å². The van der Waals surface area contributed by atoms with E-state index in [1.165, 1.54) is 0 Å². The minimum Gasteiger partial charge on any atom is -0.395 e. The van der Waals surface area contributed by atoms with Crippen molar-refractivity contribution in [3.05, 3.63) is 32.8 Å². The molecule has 19 heavy (non-hydrogen) atoms. The van der Waals surface area contributed by atoms with Crippen molar-refractivity contribution in [3.63, 3.8) is 0 Å². The number of hydrogen-bond acceptors (Lipinski definition) is 4. The molecule has 0 bridgehead atoms. The molecular weight excluding hydrogens is 337 g/mol. The fourth-order valence-corrected chi connectivity index (χ4v) is 2.57. The van der Waals surface area contributed by atoms with Gasteiger partial charge in [-0.05, 0) is 35.2 Å². The van der Waals surface area contributed by atoms with Gasteiger partial charge in [0.2, 0.25) is 0 Å². The number of rotatable bonds is 2. The molecule has 1 aliphatic heterocycles. The van der Waals surface area contributed by atoms with E-state index in [1.54, 1.807) is 6.20 Å². The molecule has 1 aliphatic carbocycles. The van der Waals surface area contributed by atoms with E-state index < -0.39 is 5.83 Å². The molecule has 0 aromatic rings. The number of ether oxygens (including phenoxy) is 1. The van der Waals surface area contributed by atoms with Crippen molar-refractivity contribution in [3.8, 4) is 0 Å². The number of hydrogen-bond donors (Lipinski definition) is 3. The first-order chi connectivity index (χ1) is 9.02. The van der Waals surface area contributed by atoms with Gasteiger partial charge in [0.15, 0.2) is 5.83 Å². The predicted molar refractivity (Wildman–Crippen MR) is 76.7 cm³/mol. The average Bonchev–Trinajstić information content (AvgIpc) is 2.44. The van der Waals surface area contributed by atoms with Gasteiger partial charge in [-0.25, -0.2) is 4.39 Å². The van der Waals surface area contributed by atoms with Gasteiger partial charge in [0, 0.05) is 18.4 Å². The third kappa shape index (κ3) is 3.01. The van der Waals surface area contributed by atoms with Crippen LogP contribution in [0.5, 0.6) is 0 Å². The van der Waals surface area contributed by atoms with Crippen LogP contribution in [0, 0.1) is 5.41 Å². The lowest BCUT2D eigenvalue weighted by Gasteiger charge is -2.24. The quantitative estimate of drug-likeness (QED) is 0.717. The van der Waals surface area contributed by atoms with Crippen molar-refractivity contribution in [1.82, 2.24) is 5.32 Å². The summed E-state index contributed by atoms with van der Waals surface area (Å²) in [6.07, 6.45) is 4.54. The van der Waals surface area contributed by atoms with Crippen LogP contribution in [-0.2, 0) is 4.74 Å². The van der Waals surface area contributed by atoms with Crippen molar-refractivity contribution in [2.75, 3.05) is 6.61 Å². The predicted octanol–water partition coefficient (Wildman–Crippen LogP) is 3.00. The standard InChI is InChI=1S/C12H14BrClFN3O/c13-8-6(5-18-7-3-1-2-4-19-7)11(16)12(17)10(15)9(8)14/h5,7,16,18H,1-4,17H2/b6-5-,16-11?. The van der Waals surface area contributed by atoms with Crippen LogP contribution in [0.2, 0.25) is 0 Å². The smallest absolute Gasteiger partial charge is 0.168 e. The van der Waals surface area contributed by atoms with Crippen molar-refractivity contribution < 1.29 is 9.13 Å². The fourth-order valence-electron chi connectivity index (χ4n) is 1.88. The van der Waals surface area contributed by atoms with E-state index in [-0.39, 0.29) is 22.7 Å². The normalized spacial score (nSPS) is 27.2. The molecule has 0 saturated carbocycles. The summed E-state index contributed by atoms with van der Waals surface area (Å²) in [6, 6.07) is 0. The molecule has 1 saturated heterocycles. The highest BCUT2D eigenvalue weighted by Gasteiger charge is 2.26. The molecule has 7 heteroatoms. The molecule has 1 unspecified atom stereocenters. The van der Waals surface area contributed by atoms with E-state index in [2.05, 4.69) is 21.2 Å². The van der Waals surface area contributed by atoms with E-state index in [1.807, 2.05) is 0 Å². The second kappa shape index (κ2) is 6.07. The highest BCUT2D eigenvalue weighted by Crippen LogP contribution is 2.36. The maximum Gasteiger partial charge on any atom is 0.168 e. The molecule has 0 radical (unpaired) electrons. The summed E-state index contributed by atoms with van der Waals surface area (Å²) in [5.74, 6) is -0.774. The molecule has 4 nitrogen and oxygen atoms in total. The molecule has 1 heterocycles. The maximum absolute atomic E-state index is 13.6. The zero-order chi connectivity index (χ0) is 14.0. The first-order valence-corrected chi connectivity index (χ1v) is 7.08. The Morgan fingerprint density at radius 1 is 1.53 bits per heavy atom. The Bertz CT molecular complexity index is 495. The summed E-state index contributed by atoms with van der Waals surface area (Å²) < 4.78 is 19.4. The van der Waals surface area contributed by atoms with Gasteiger partial charge in [-0.3, -0.25) is 5.41 Å². The van der Waals surface area contributed by atoms with Gasteiger partial charge < -0.3 is 15.8 Å². The third-order valence-corrected chi connectivity index (χ3v) is 4.40. The van der Waals surface area contributed by atoms with Crippen molar-refractivity contribution in [1.29, 1.82) is 5.41 Å². The van der Waals surface area contributed by atoms with Crippen molar-refractivity contribution in [2.24, 2.45) is 5.73 Å². The molecule has 0 amide bonds. The van der Waals surface area contributed by atoms with Crippen LogP contribution in [-0.4, -0.2) is 18.5 Å². The van der Waals surface area contributed by atoms with Gasteiger partial charge in [-0.2, -0.15) is 0 Å². The van der Waals surface area contributed by atoms with Gasteiger partial charge in [0.05, 0.1) is 20.9 Å². The molecule has 2 aliphatic rings.